The average Bonchev–Trinajstić information content (AvgIpc) is 2.84. The molecule has 4 rings (SSSR count). The van der Waals surface area contributed by atoms with Crippen LogP contribution in [0.5, 0.6) is 0 Å². The molecule has 0 aliphatic rings. The number of amides is 1. The van der Waals surface area contributed by atoms with E-state index in [1.165, 1.54) is 23.1 Å². The third-order valence-electron chi connectivity index (χ3n) is 5.44. The Kier molecular flexibility index (Phi) is 6.49. The van der Waals surface area contributed by atoms with E-state index in [1.54, 1.807) is 37.4 Å². The Balaban J connectivity index is 1.83. The van der Waals surface area contributed by atoms with Gasteiger partial charge in [-0.3, -0.25) is 14.2 Å². The predicted molar refractivity (Wildman–Crippen MR) is 127 cm³/mol. The van der Waals surface area contributed by atoms with Gasteiger partial charge in [0.25, 0.3) is 11.5 Å². The van der Waals surface area contributed by atoms with E-state index in [9.17, 15) is 18.8 Å². The summed E-state index contributed by atoms with van der Waals surface area (Å²) in [4.78, 5) is 41.1. The van der Waals surface area contributed by atoms with Crippen LogP contribution in [-0.2, 0) is 13.1 Å². The molecule has 0 atom stereocenters. The fourth-order valence-corrected chi connectivity index (χ4v) is 3.55. The fraction of sp³-hybridized carbons (Fsp3) is 0.154. The zero-order valence-electron chi connectivity index (χ0n) is 18.8. The van der Waals surface area contributed by atoms with E-state index in [1.807, 2.05) is 37.3 Å². The molecule has 0 aliphatic heterocycles. The van der Waals surface area contributed by atoms with Gasteiger partial charge in [0.1, 0.15) is 5.82 Å². The molecule has 0 unspecified atom stereocenters. The summed E-state index contributed by atoms with van der Waals surface area (Å²) in [6, 6.07) is 22.1. The molecular weight excluding hydrogens is 435 g/mol. The second-order valence-electron chi connectivity index (χ2n) is 8.01. The van der Waals surface area contributed by atoms with E-state index in [2.05, 4.69) is 5.10 Å². The number of aromatic nitrogens is 3. The molecule has 1 heterocycles. The van der Waals surface area contributed by atoms with Crippen LogP contribution < -0.4 is 11.2 Å². The van der Waals surface area contributed by atoms with E-state index in [-0.39, 0.29) is 18.7 Å². The Hall–Kier alpha value is -4.33. The molecule has 4 aromatic rings. The number of halogens is 1. The Morgan fingerprint density at radius 1 is 0.941 bits per heavy atom. The monoisotopic (exact) mass is 458 g/mol. The van der Waals surface area contributed by atoms with Gasteiger partial charge in [0.2, 0.25) is 5.69 Å². The van der Waals surface area contributed by atoms with Crippen molar-refractivity contribution in [3.05, 3.63) is 128 Å². The highest BCUT2D eigenvalue weighted by molar-refractivity contribution is 5.91. The highest BCUT2D eigenvalue weighted by Gasteiger charge is 2.23. The number of nitrogens with zero attached hydrogens (tertiary/aromatic N) is 4. The minimum Gasteiger partial charge on any atom is -0.336 e. The van der Waals surface area contributed by atoms with E-state index in [4.69, 9.17) is 0 Å². The molecule has 3 aromatic carbocycles. The first kappa shape index (κ1) is 22.8. The highest BCUT2D eigenvalue weighted by atomic mass is 19.1. The van der Waals surface area contributed by atoms with Crippen molar-refractivity contribution >= 4 is 5.91 Å². The van der Waals surface area contributed by atoms with Gasteiger partial charge in [0, 0.05) is 19.2 Å². The van der Waals surface area contributed by atoms with Gasteiger partial charge in [-0.05, 0) is 30.7 Å². The molecular formula is C26H23FN4O3. The van der Waals surface area contributed by atoms with Crippen molar-refractivity contribution in [3.63, 3.8) is 0 Å². The van der Waals surface area contributed by atoms with Crippen molar-refractivity contribution in [2.45, 2.75) is 20.0 Å². The lowest BCUT2D eigenvalue weighted by Crippen LogP contribution is -2.46. The minimum atomic E-state index is -0.874. The van der Waals surface area contributed by atoms with Crippen LogP contribution in [0.1, 0.15) is 27.2 Å². The molecule has 0 bridgehead atoms. The predicted octanol–water partition coefficient (Wildman–Crippen LogP) is 3.16. The standard InChI is InChI=1S/C26H23FN4O3/c1-18-12-14-21(15-13-18)31-26(34)30(17-20-10-6-7-11-22(20)27)25(33)23(28-31)24(32)29(2)16-19-8-4-3-5-9-19/h3-15H,16-17H2,1-2H3. The number of hydrogen-bond acceptors (Lipinski definition) is 4. The molecule has 1 amide bonds. The molecule has 0 fully saturated rings. The highest BCUT2D eigenvalue weighted by Crippen LogP contribution is 2.10. The Morgan fingerprint density at radius 2 is 1.59 bits per heavy atom. The maximum atomic E-state index is 14.3. The van der Waals surface area contributed by atoms with Gasteiger partial charge >= 0.3 is 5.69 Å². The number of carbonyl (C=O) groups excluding carboxylic acids is 1. The van der Waals surface area contributed by atoms with Crippen molar-refractivity contribution < 1.29 is 9.18 Å². The molecule has 0 spiro atoms. The number of carbonyl (C=O) groups is 1. The van der Waals surface area contributed by atoms with Crippen LogP contribution in [0.15, 0.2) is 88.5 Å². The van der Waals surface area contributed by atoms with Crippen molar-refractivity contribution in [1.29, 1.82) is 0 Å². The second-order valence-corrected chi connectivity index (χ2v) is 8.01. The summed E-state index contributed by atoms with van der Waals surface area (Å²) in [5, 5.41) is 4.14. The summed E-state index contributed by atoms with van der Waals surface area (Å²) in [6.45, 7) is 1.81. The maximum absolute atomic E-state index is 14.3. The molecule has 0 radical (unpaired) electrons. The second kappa shape index (κ2) is 9.66. The Labute approximate surface area is 195 Å². The van der Waals surface area contributed by atoms with Gasteiger partial charge in [-0.15, -0.1) is 0 Å². The van der Waals surface area contributed by atoms with Gasteiger partial charge in [-0.2, -0.15) is 9.78 Å². The van der Waals surface area contributed by atoms with E-state index in [0.717, 1.165) is 20.4 Å². The SMILES string of the molecule is Cc1ccc(-n2nc(C(=O)N(C)Cc3ccccc3)c(=O)n(Cc3ccccc3F)c2=O)cc1. The fourth-order valence-electron chi connectivity index (χ4n) is 3.55. The van der Waals surface area contributed by atoms with Crippen LogP contribution in [0.2, 0.25) is 0 Å². The summed E-state index contributed by atoms with van der Waals surface area (Å²) in [5.74, 6) is -1.20. The zero-order chi connectivity index (χ0) is 24.2. The number of aryl methyl sites for hydroxylation is 1. The number of benzene rings is 3. The lowest BCUT2D eigenvalue weighted by atomic mass is 10.2. The molecule has 0 aliphatic carbocycles. The Bertz CT molecular complexity index is 1440. The van der Waals surface area contributed by atoms with E-state index in [0.29, 0.717) is 5.69 Å². The van der Waals surface area contributed by atoms with Crippen molar-refractivity contribution in [3.8, 4) is 5.69 Å². The lowest BCUT2D eigenvalue weighted by molar-refractivity contribution is 0.0773. The first-order chi connectivity index (χ1) is 16.3. The van der Waals surface area contributed by atoms with E-state index < -0.39 is 28.7 Å². The third kappa shape index (κ3) is 4.71. The van der Waals surface area contributed by atoms with Gasteiger partial charge in [-0.25, -0.2) is 9.18 Å². The van der Waals surface area contributed by atoms with Gasteiger partial charge < -0.3 is 4.90 Å². The van der Waals surface area contributed by atoms with E-state index >= 15 is 0 Å². The van der Waals surface area contributed by atoms with Crippen LogP contribution in [0.3, 0.4) is 0 Å². The van der Waals surface area contributed by atoms with Gasteiger partial charge in [0.05, 0.1) is 12.2 Å². The van der Waals surface area contributed by atoms with Crippen molar-refractivity contribution in [2.24, 2.45) is 0 Å². The molecule has 34 heavy (non-hydrogen) atoms. The molecule has 1 aromatic heterocycles. The average molecular weight is 458 g/mol. The largest absolute Gasteiger partial charge is 0.352 e. The summed E-state index contributed by atoms with van der Waals surface area (Å²) in [6.07, 6.45) is 0. The summed E-state index contributed by atoms with van der Waals surface area (Å²) < 4.78 is 16.2. The van der Waals surface area contributed by atoms with Crippen LogP contribution >= 0.6 is 0 Å². The first-order valence-electron chi connectivity index (χ1n) is 10.7. The van der Waals surface area contributed by atoms with Crippen LogP contribution in [0, 0.1) is 12.7 Å². The normalized spacial score (nSPS) is 10.8. The van der Waals surface area contributed by atoms with Crippen LogP contribution in [-0.4, -0.2) is 32.2 Å². The zero-order valence-corrected chi connectivity index (χ0v) is 18.8. The first-order valence-corrected chi connectivity index (χ1v) is 10.7. The molecule has 8 heteroatoms. The molecule has 0 saturated carbocycles. The van der Waals surface area contributed by atoms with Crippen molar-refractivity contribution in [2.75, 3.05) is 7.05 Å². The minimum absolute atomic E-state index is 0.152. The molecule has 0 saturated heterocycles. The van der Waals surface area contributed by atoms with Crippen LogP contribution in [0.25, 0.3) is 5.69 Å². The van der Waals surface area contributed by atoms with Crippen molar-refractivity contribution in [1.82, 2.24) is 19.2 Å². The van der Waals surface area contributed by atoms with Crippen LogP contribution in [0.4, 0.5) is 4.39 Å². The topological polar surface area (TPSA) is 77.2 Å². The third-order valence-corrected chi connectivity index (χ3v) is 5.44. The summed E-state index contributed by atoms with van der Waals surface area (Å²) in [5.41, 5.74) is 0.320. The molecule has 172 valence electrons. The molecule has 0 N–H and O–H groups in total. The van der Waals surface area contributed by atoms with Gasteiger partial charge in [-0.1, -0.05) is 66.2 Å². The smallest absolute Gasteiger partial charge is 0.336 e. The number of rotatable bonds is 6. The number of hydrogen-bond donors (Lipinski definition) is 0. The quantitative estimate of drug-likeness (QED) is 0.445. The summed E-state index contributed by atoms with van der Waals surface area (Å²) in [7, 11) is 1.55. The maximum Gasteiger partial charge on any atom is 0.352 e. The summed E-state index contributed by atoms with van der Waals surface area (Å²) >= 11 is 0. The lowest BCUT2D eigenvalue weighted by Gasteiger charge is -2.18. The van der Waals surface area contributed by atoms with Gasteiger partial charge in [0.15, 0.2) is 0 Å². The molecule has 7 nitrogen and oxygen atoms in total. The Morgan fingerprint density at radius 3 is 2.26 bits per heavy atom.